The molecule has 1 aliphatic heterocycles. The summed E-state index contributed by atoms with van der Waals surface area (Å²) in [5.74, 6) is 2.58. The third-order valence-electron chi connectivity index (χ3n) is 3.29. The molecule has 3 heteroatoms. The number of rotatable bonds is 3. The standard InChI is InChI=1S/C15H17NS2/c1-2-5-14(16-12-7-10-17-11-8-12)13(4-1)15-6-3-9-18-15/h1-6,9,12,16H,7-8,10-11H2. The van der Waals surface area contributed by atoms with Crippen molar-refractivity contribution in [3.05, 3.63) is 41.8 Å². The zero-order valence-corrected chi connectivity index (χ0v) is 11.9. The van der Waals surface area contributed by atoms with Gasteiger partial charge in [-0.2, -0.15) is 11.8 Å². The first kappa shape index (κ1) is 12.1. The zero-order chi connectivity index (χ0) is 12.2. The maximum Gasteiger partial charge on any atom is 0.0430 e. The molecule has 1 aromatic carbocycles. The van der Waals surface area contributed by atoms with Gasteiger partial charge in [-0.05, 0) is 41.9 Å². The summed E-state index contributed by atoms with van der Waals surface area (Å²) in [7, 11) is 0. The van der Waals surface area contributed by atoms with Crippen molar-refractivity contribution < 1.29 is 0 Å². The van der Waals surface area contributed by atoms with Crippen molar-refractivity contribution in [1.29, 1.82) is 0 Å². The predicted octanol–water partition coefficient (Wildman–Crippen LogP) is 4.72. The van der Waals surface area contributed by atoms with Crippen molar-refractivity contribution in [1.82, 2.24) is 0 Å². The van der Waals surface area contributed by atoms with Crippen molar-refractivity contribution in [3.8, 4) is 10.4 Å². The minimum absolute atomic E-state index is 0.646. The number of para-hydroxylation sites is 1. The van der Waals surface area contributed by atoms with Crippen LogP contribution in [0, 0.1) is 0 Å². The van der Waals surface area contributed by atoms with Gasteiger partial charge in [-0.1, -0.05) is 24.3 Å². The van der Waals surface area contributed by atoms with Gasteiger partial charge in [0.2, 0.25) is 0 Å². The highest BCUT2D eigenvalue weighted by atomic mass is 32.2. The van der Waals surface area contributed by atoms with Gasteiger partial charge >= 0.3 is 0 Å². The second kappa shape index (κ2) is 5.81. The molecule has 1 aromatic heterocycles. The van der Waals surface area contributed by atoms with Crippen LogP contribution < -0.4 is 5.32 Å². The van der Waals surface area contributed by atoms with Gasteiger partial charge in [0.25, 0.3) is 0 Å². The molecule has 2 heterocycles. The quantitative estimate of drug-likeness (QED) is 0.869. The number of hydrogen-bond acceptors (Lipinski definition) is 3. The maximum atomic E-state index is 3.73. The largest absolute Gasteiger partial charge is 0.382 e. The zero-order valence-electron chi connectivity index (χ0n) is 10.3. The molecule has 0 saturated carbocycles. The molecule has 0 unspecified atom stereocenters. The molecule has 2 aromatic rings. The molecule has 18 heavy (non-hydrogen) atoms. The third kappa shape index (κ3) is 2.73. The van der Waals surface area contributed by atoms with E-state index in [1.54, 1.807) is 0 Å². The SMILES string of the molecule is c1csc(-c2ccccc2NC2CCSCC2)c1. The Morgan fingerprint density at radius 3 is 2.61 bits per heavy atom. The lowest BCUT2D eigenvalue weighted by atomic mass is 10.1. The van der Waals surface area contributed by atoms with Crippen LogP contribution in [0.5, 0.6) is 0 Å². The molecule has 0 spiro atoms. The summed E-state index contributed by atoms with van der Waals surface area (Å²) in [4.78, 5) is 1.35. The Balaban J connectivity index is 1.83. The van der Waals surface area contributed by atoms with Gasteiger partial charge in [0, 0.05) is 22.2 Å². The molecular formula is C15H17NS2. The predicted molar refractivity (Wildman–Crippen MR) is 83.7 cm³/mol. The maximum absolute atomic E-state index is 3.73. The van der Waals surface area contributed by atoms with Crippen molar-refractivity contribution in [2.75, 3.05) is 16.8 Å². The van der Waals surface area contributed by atoms with E-state index in [2.05, 4.69) is 58.9 Å². The summed E-state index contributed by atoms with van der Waals surface area (Å²) in [5.41, 5.74) is 2.63. The number of anilines is 1. The fraction of sp³-hybridized carbons (Fsp3) is 0.333. The second-order valence-electron chi connectivity index (χ2n) is 4.55. The summed E-state index contributed by atoms with van der Waals surface area (Å²) in [6, 6.07) is 13.6. The smallest absolute Gasteiger partial charge is 0.0430 e. The lowest BCUT2D eigenvalue weighted by molar-refractivity contribution is 0.667. The van der Waals surface area contributed by atoms with Crippen molar-refractivity contribution in [3.63, 3.8) is 0 Å². The van der Waals surface area contributed by atoms with Crippen LogP contribution in [0.25, 0.3) is 10.4 Å². The second-order valence-corrected chi connectivity index (χ2v) is 6.73. The van der Waals surface area contributed by atoms with Crippen LogP contribution in [0.2, 0.25) is 0 Å². The minimum atomic E-state index is 0.646. The number of thioether (sulfide) groups is 1. The summed E-state index contributed by atoms with van der Waals surface area (Å²) < 4.78 is 0. The molecule has 1 N–H and O–H groups in total. The van der Waals surface area contributed by atoms with E-state index < -0.39 is 0 Å². The monoisotopic (exact) mass is 275 g/mol. The minimum Gasteiger partial charge on any atom is -0.382 e. The molecule has 0 radical (unpaired) electrons. The Hall–Kier alpha value is -0.930. The van der Waals surface area contributed by atoms with Gasteiger partial charge < -0.3 is 5.32 Å². The highest BCUT2D eigenvalue weighted by molar-refractivity contribution is 7.99. The van der Waals surface area contributed by atoms with E-state index in [9.17, 15) is 0 Å². The van der Waals surface area contributed by atoms with E-state index in [1.807, 2.05) is 11.3 Å². The lowest BCUT2D eigenvalue weighted by Gasteiger charge is -2.24. The molecule has 0 aliphatic carbocycles. The molecule has 0 atom stereocenters. The van der Waals surface area contributed by atoms with Crippen LogP contribution in [0.15, 0.2) is 41.8 Å². The summed E-state index contributed by atoms with van der Waals surface area (Å²) in [6.07, 6.45) is 2.56. The third-order valence-corrected chi connectivity index (χ3v) is 5.25. The van der Waals surface area contributed by atoms with Crippen LogP contribution in [0.4, 0.5) is 5.69 Å². The molecule has 1 aliphatic rings. The molecule has 0 amide bonds. The Bertz CT molecular complexity index is 487. The summed E-state index contributed by atoms with van der Waals surface area (Å²) in [6.45, 7) is 0. The first-order chi connectivity index (χ1) is 8.93. The molecule has 94 valence electrons. The molecule has 0 bridgehead atoms. The Morgan fingerprint density at radius 1 is 1.00 bits per heavy atom. The molecule has 1 nitrogen and oxygen atoms in total. The average molecular weight is 275 g/mol. The Morgan fingerprint density at radius 2 is 1.83 bits per heavy atom. The first-order valence-corrected chi connectivity index (χ1v) is 8.44. The molecule has 1 saturated heterocycles. The van der Waals surface area contributed by atoms with Gasteiger partial charge in [-0.15, -0.1) is 11.3 Å². The van der Waals surface area contributed by atoms with Crippen molar-refractivity contribution in [2.24, 2.45) is 0 Å². The van der Waals surface area contributed by atoms with Crippen LogP contribution >= 0.6 is 23.1 Å². The Labute approximate surface area is 117 Å². The average Bonchev–Trinajstić information content (AvgIpc) is 2.94. The van der Waals surface area contributed by atoms with E-state index in [1.165, 1.54) is 40.5 Å². The highest BCUT2D eigenvalue weighted by Gasteiger charge is 2.15. The topological polar surface area (TPSA) is 12.0 Å². The normalized spacial score (nSPS) is 16.7. The van der Waals surface area contributed by atoms with Crippen molar-refractivity contribution >= 4 is 28.8 Å². The number of benzene rings is 1. The lowest BCUT2D eigenvalue weighted by Crippen LogP contribution is -2.24. The fourth-order valence-corrected chi connectivity index (χ4v) is 4.19. The van der Waals surface area contributed by atoms with E-state index in [4.69, 9.17) is 0 Å². The van der Waals surface area contributed by atoms with E-state index in [-0.39, 0.29) is 0 Å². The Kier molecular flexibility index (Phi) is 3.91. The van der Waals surface area contributed by atoms with Crippen molar-refractivity contribution in [2.45, 2.75) is 18.9 Å². The number of nitrogens with one attached hydrogen (secondary N) is 1. The van der Waals surface area contributed by atoms with Gasteiger partial charge in [0.05, 0.1) is 0 Å². The van der Waals surface area contributed by atoms with Crippen LogP contribution in [0.3, 0.4) is 0 Å². The first-order valence-electron chi connectivity index (χ1n) is 6.41. The van der Waals surface area contributed by atoms with Crippen LogP contribution in [0.1, 0.15) is 12.8 Å². The molecular weight excluding hydrogens is 258 g/mol. The number of thiophene rings is 1. The highest BCUT2D eigenvalue weighted by Crippen LogP contribution is 2.32. The fourth-order valence-electron chi connectivity index (χ4n) is 2.32. The summed E-state index contributed by atoms with van der Waals surface area (Å²) in [5, 5.41) is 5.87. The van der Waals surface area contributed by atoms with E-state index >= 15 is 0 Å². The van der Waals surface area contributed by atoms with Crippen LogP contribution in [-0.4, -0.2) is 17.5 Å². The van der Waals surface area contributed by atoms with Crippen LogP contribution in [-0.2, 0) is 0 Å². The summed E-state index contributed by atoms with van der Waals surface area (Å²) >= 11 is 3.88. The molecule has 1 fully saturated rings. The van der Waals surface area contributed by atoms with E-state index in [0.29, 0.717) is 6.04 Å². The molecule has 3 rings (SSSR count). The van der Waals surface area contributed by atoms with Gasteiger partial charge in [0.1, 0.15) is 0 Å². The van der Waals surface area contributed by atoms with E-state index in [0.717, 1.165) is 0 Å². The van der Waals surface area contributed by atoms with Gasteiger partial charge in [-0.3, -0.25) is 0 Å². The van der Waals surface area contributed by atoms with Gasteiger partial charge in [0.15, 0.2) is 0 Å². The van der Waals surface area contributed by atoms with Gasteiger partial charge in [-0.25, -0.2) is 0 Å². The number of hydrogen-bond donors (Lipinski definition) is 1.